The standard InChI is InChI=1S/C20H18N4O3S/c1-25-15-5-2-3-6-17(15)28-23-20-18-16(27-22-20)11-13(12-24-9-4-8-21-24)14-7-10-26-19(14)18/h2-6,8-9,11H,7,10,12H2,1H3,(H,22,23). The summed E-state index contributed by atoms with van der Waals surface area (Å²) in [5.41, 5.74) is 3.03. The summed E-state index contributed by atoms with van der Waals surface area (Å²) in [5.74, 6) is 2.30. The molecule has 1 N–H and O–H groups in total. The number of hydrogen-bond acceptors (Lipinski definition) is 7. The van der Waals surface area contributed by atoms with Gasteiger partial charge in [-0.15, -0.1) is 0 Å². The normalized spacial score (nSPS) is 12.8. The lowest BCUT2D eigenvalue weighted by Crippen LogP contribution is -2.02. The molecule has 0 amide bonds. The van der Waals surface area contributed by atoms with Crippen LogP contribution in [0.1, 0.15) is 11.1 Å². The highest BCUT2D eigenvalue weighted by Crippen LogP contribution is 2.42. The third kappa shape index (κ3) is 2.95. The number of nitrogens with one attached hydrogen (secondary N) is 1. The number of fused-ring (bicyclic) bond motifs is 3. The van der Waals surface area contributed by atoms with E-state index in [1.54, 1.807) is 13.3 Å². The van der Waals surface area contributed by atoms with E-state index in [9.17, 15) is 0 Å². The van der Waals surface area contributed by atoms with Crippen molar-refractivity contribution in [2.45, 2.75) is 17.9 Å². The zero-order valence-electron chi connectivity index (χ0n) is 15.2. The van der Waals surface area contributed by atoms with Gasteiger partial charge in [-0.1, -0.05) is 17.3 Å². The molecular weight excluding hydrogens is 376 g/mol. The van der Waals surface area contributed by atoms with Crippen LogP contribution in [0.5, 0.6) is 11.5 Å². The lowest BCUT2D eigenvalue weighted by Gasteiger charge is -2.10. The van der Waals surface area contributed by atoms with Crippen molar-refractivity contribution in [2.75, 3.05) is 18.4 Å². The molecule has 0 saturated heterocycles. The summed E-state index contributed by atoms with van der Waals surface area (Å²) < 4.78 is 22.2. The Morgan fingerprint density at radius 3 is 3.07 bits per heavy atom. The molecule has 0 aliphatic carbocycles. The van der Waals surface area contributed by atoms with Gasteiger partial charge in [0.25, 0.3) is 0 Å². The Bertz CT molecular complexity index is 1120. The quantitative estimate of drug-likeness (QED) is 0.493. The van der Waals surface area contributed by atoms with Crippen LogP contribution in [0.25, 0.3) is 11.0 Å². The van der Waals surface area contributed by atoms with Gasteiger partial charge in [0.2, 0.25) is 0 Å². The van der Waals surface area contributed by atoms with Gasteiger partial charge in [-0.05, 0) is 41.8 Å². The molecule has 2 aromatic carbocycles. The third-order valence-electron chi connectivity index (χ3n) is 4.73. The van der Waals surface area contributed by atoms with Crippen LogP contribution in [-0.2, 0) is 13.0 Å². The number of rotatable bonds is 6. The fourth-order valence-electron chi connectivity index (χ4n) is 3.44. The van der Waals surface area contributed by atoms with E-state index in [0.717, 1.165) is 33.8 Å². The summed E-state index contributed by atoms with van der Waals surface area (Å²) in [6, 6.07) is 11.8. The average Bonchev–Trinajstić information content (AvgIpc) is 3.47. The van der Waals surface area contributed by atoms with E-state index in [1.807, 2.05) is 47.3 Å². The number of anilines is 1. The number of benzene rings is 2. The highest BCUT2D eigenvalue weighted by molar-refractivity contribution is 8.00. The Kier molecular flexibility index (Phi) is 4.32. The number of ether oxygens (including phenoxy) is 2. The molecule has 2 aromatic heterocycles. The molecule has 0 radical (unpaired) electrons. The van der Waals surface area contributed by atoms with Gasteiger partial charge in [0.05, 0.1) is 25.2 Å². The second-order valence-electron chi connectivity index (χ2n) is 6.40. The highest BCUT2D eigenvalue weighted by Gasteiger charge is 2.25. The van der Waals surface area contributed by atoms with Crippen LogP contribution in [0.3, 0.4) is 0 Å². The zero-order valence-corrected chi connectivity index (χ0v) is 16.0. The second-order valence-corrected chi connectivity index (χ2v) is 7.25. The zero-order chi connectivity index (χ0) is 18.9. The monoisotopic (exact) mass is 394 g/mol. The molecule has 3 heterocycles. The molecule has 0 bridgehead atoms. The molecule has 0 atom stereocenters. The van der Waals surface area contributed by atoms with E-state index in [1.165, 1.54) is 17.5 Å². The molecule has 142 valence electrons. The van der Waals surface area contributed by atoms with Crippen molar-refractivity contribution in [1.29, 1.82) is 0 Å². The van der Waals surface area contributed by atoms with Gasteiger partial charge >= 0.3 is 0 Å². The van der Waals surface area contributed by atoms with E-state index in [0.29, 0.717) is 24.6 Å². The Morgan fingerprint density at radius 1 is 1.29 bits per heavy atom. The average molecular weight is 394 g/mol. The molecule has 0 saturated carbocycles. The van der Waals surface area contributed by atoms with Crippen molar-refractivity contribution in [1.82, 2.24) is 14.9 Å². The number of methoxy groups -OCH3 is 1. The Balaban J connectivity index is 1.49. The second kappa shape index (κ2) is 7.12. The van der Waals surface area contributed by atoms with E-state index in [4.69, 9.17) is 14.0 Å². The summed E-state index contributed by atoms with van der Waals surface area (Å²) in [5, 5.41) is 9.41. The SMILES string of the molecule is COc1ccccc1SNc1noc2cc(Cn3cccn3)c3c(c12)OCC3. The van der Waals surface area contributed by atoms with Gasteiger partial charge < -0.3 is 18.7 Å². The lowest BCUT2D eigenvalue weighted by atomic mass is 10.0. The van der Waals surface area contributed by atoms with Crippen LogP contribution in [-0.4, -0.2) is 28.7 Å². The Hall–Kier alpha value is -3.13. The fourth-order valence-corrected chi connectivity index (χ4v) is 4.18. The van der Waals surface area contributed by atoms with Crippen LogP contribution in [0.15, 0.2) is 58.2 Å². The van der Waals surface area contributed by atoms with Gasteiger partial charge in [-0.2, -0.15) is 5.10 Å². The topological polar surface area (TPSA) is 74.3 Å². The van der Waals surface area contributed by atoms with E-state index in [-0.39, 0.29) is 0 Å². The van der Waals surface area contributed by atoms with Crippen LogP contribution in [0, 0.1) is 0 Å². The minimum atomic E-state index is 0.648. The van der Waals surface area contributed by atoms with Crippen LogP contribution in [0.4, 0.5) is 5.82 Å². The molecule has 1 aliphatic heterocycles. The van der Waals surface area contributed by atoms with Gasteiger partial charge in [0, 0.05) is 24.4 Å². The Labute approximate surface area is 165 Å². The van der Waals surface area contributed by atoms with Gasteiger partial charge in [0.1, 0.15) is 16.9 Å². The number of aromatic nitrogens is 3. The molecule has 0 spiro atoms. The summed E-state index contributed by atoms with van der Waals surface area (Å²) in [7, 11) is 1.66. The largest absolute Gasteiger partial charge is 0.496 e. The first-order valence-electron chi connectivity index (χ1n) is 8.93. The molecule has 4 aromatic rings. The van der Waals surface area contributed by atoms with E-state index in [2.05, 4.69) is 15.0 Å². The van der Waals surface area contributed by atoms with E-state index < -0.39 is 0 Å². The van der Waals surface area contributed by atoms with Gasteiger partial charge in [-0.25, -0.2) is 0 Å². The molecule has 7 nitrogen and oxygen atoms in total. The number of nitrogens with zero attached hydrogens (tertiary/aromatic N) is 3. The molecule has 1 aliphatic rings. The maximum Gasteiger partial charge on any atom is 0.191 e. The minimum Gasteiger partial charge on any atom is -0.496 e. The third-order valence-corrected chi connectivity index (χ3v) is 5.58. The summed E-state index contributed by atoms with van der Waals surface area (Å²) in [6.45, 7) is 1.33. The van der Waals surface area contributed by atoms with Crippen LogP contribution < -0.4 is 14.2 Å². The molecule has 0 unspecified atom stereocenters. The Morgan fingerprint density at radius 2 is 2.21 bits per heavy atom. The summed E-state index contributed by atoms with van der Waals surface area (Å²) >= 11 is 1.43. The van der Waals surface area contributed by atoms with Crippen molar-refractivity contribution in [3.63, 3.8) is 0 Å². The van der Waals surface area contributed by atoms with Crippen molar-refractivity contribution in [3.05, 3.63) is 59.9 Å². The summed E-state index contributed by atoms with van der Waals surface area (Å²) in [4.78, 5) is 0.967. The lowest BCUT2D eigenvalue weighted by molar-refractivity contribution is 0.360. The van der Waals surface area contributed by atoms with Crippen molar-refractivity contribution < 1.29 is 14.0 Å². The van der Waals surface area contributed by atoms with Crippen LogP contribution >= 0.6 is 11.9 Å². The summed E-state index contributed by atoms with van der Waals surface area (Å²) in [6.07, 6.45) is 4.59. The molecule has 0 fully saturated rings. The predicted octanol–water partition coefficient (Wildman–Crippen LogP) is 4.14. The molecule has 5 rings (SSSR count). The van der Waals surface area contributed by atoms with Crippen LogP contribution in [0.2, 0.25) is 0 Å². The van der Waals surface area contributed by atoms with Gasteiger partial charge in [0.15, 0.2) is 11.4 Å². The minimum absolute atomic E-state index is 0.648. The smallest absolute Gasteiger partial charge is 0.191 e. The molecule has 8 heteroatoms. The number of hydrogen-bond donors (Lipinski definition) is 1. The first-order chi connectivity index (χ1) is 13.8. The van der Waals surface area contributed by atoms with Crippen molar-refractivity contribution in [3.8, 4) is 11.5 Å². The van der Waals surface area contributed by atoms with E-state index >= 15 is 0 Å². The molecule has 28 heavy (non-hydrogen) atoms. The predicted molar refractivity (Wildman–Crippen MR) is 107 cm³/mol. The molecular formula is C20H18N4O3S. The van der Waals surface area contributed by atoms with Gasteiger partial charge in [-0.3, -0.25) is 4.68 Å². The fraction of sp³-hybridized carbons (Fsp3) is 0.200. The maximum absolute atomic E-state index is 5.96. The maximum atomic E-state index is 5.96. The van der Waals surface area contributed by atoms with Crippen molar-refractivity contribution in [2.24, 2.45) is 0 Å². The van der Waals surface area contributed by atoms with Crippen molar-refractivity contribution >= 4 is 28.7 Å². The first kappa shape index (κ1) is 17.0. The number of para-hydroxylation sites is 1. The first-order valence-corrected chi connectivity index (χ1v) is 9.75. The highest BCUT2D eigenvalue weighted by atomic mass is 32.2.